The largest absolute Gasteiger partial charge is 0.381 e. The molecule has 2 aliphatic rings. The van der Waals surface area contributed by atoms with Crippen molar-refractivity contribution in [2.45, 2.75) is 44.6 Å². The van der Waals surface area contributed by atoms with Crippen LogP contribution in [0.2, 0.25) is 5.02 Å². The number of halogens is 3. The zero-order chi connectivity index (χ0) is 26.2. The average Bonchev–Trinajstić information content (AvgIpc) is 3.50. The Morgan fingerprint density at radius 1 is 1.22 bits per heavy atom. The molecule has 3 atom stereocenters. The average molecular weight is 525 g/mol. The van der Waals surface area contributed by atoms with E-state index in [1.807, 2.05) is 48.4 Å². The van der Waals surface area contributed by atoms with E-state index in [4.69, 9.17) is 11.6 Å². The van der Waals surface area contributed by atoms with Gasteiger partial charge in [-0.3, -0.25) is 0 Å². The Labute approximate surface area is 218 Å². The standard InChI is InChI=1S/C27H27ClF2N6O/c1-17-23-12-22(32-13-19-3-5-20(28)6-4-19)8-10-26(23)36(34-17)18(2)27(37,14-35-16-31-15-33-35)24-9-7-21(29)11-25(24)30/h3-12,15-16,18,26,32,34,37H,13-14H2,1-2H3/t18-,26?,27-/m1/s1. The van der Waals surface area contributed by atoms with Crippen molar-refractivity contribution in [1.82, 2.24) is 30.5 Å². The third-order valence-corrected chi connectivity index (χ3v) is 7.15. The maximum atomic E-state index is 15.0. The number of aromatic nitrogens is 3. The molecule has 5 rings (SSSR count). The van der Waals surface area contributed by atoms with Gasteiger partial charge in [0.2, 0.25) is 0 Å². The molecular formula is C27H27ClF2N6O. The minimum absolute atomic E-state index is 0.0227. The second-order valence-electron chi connectivity index (χ2n) is 9.30. The van der Waals surface area contributed by atoms with Gasteiger partial charge < -0.3 is 15.8 Å². The van der Waals surface area contributed by atoms with Crippen LogP contribution < -0.4 is 10.7 Å². The number of nitrogens with one attached hydrogen (secondary N) is 2. The van der Waals surface area contributed by atoms with E-state index < -0.39 is 23.3 Å². The van der Waals surface area contributed by atoms with E-state index >= 15 is 0 Å². The van der Waals surface area contributed by atoms with Crippen LogP contribution in [-0.2, 0) is 18.7 Å². The first-order valence-corrected chi connectivity index (χ1v) is 12.3. The first kappa shape index (κ1) is 25.1. The van der Waals surface area contributed by atoms with Gasteiger partial charge in [-0.2, -0.15) is 5.10 Å². The lowest BCUT2D eigenvalue weighted by molar-refractivity contribution is -0.0759. The number of fused-ring (bicyclic) bond motifs is 1. The topological polar surface area (TPSA) is 78.2 Å². The first-order chi connectivity index (χ1) is 17.7. The highest BCUT2D eigenvalue weighted by Crippen LogP contribution is 2.37. The van der Waals surface area contributed by atoms with Crippen LogP contribution in [0.1, 0.15) is 25.0 Å². The summed E-state index contributed by atoms with van der Waals surface area (Å²) in [7, 11) is 0. The van der Waals surface area contributed by atoms with Crippen LogP contribution in [0.15, 0.2) is 90.3 Å². The lowest BCUT2D eigenvalue weighted by Crippen LogP contribution is -2.57. The van der Waals surface area contributed by atoms with Gasteiger partial charge in [-0.15, -0.1) is 0 Å². The van der Waals surface area contributed by atoms with Crippen molar-refractivity contribution >= 4 is 11.6 Å². The van der Waals surface area contributed by atoms with Crippen molar-refractivity contribution in [3.05, 3.63) is 118 Å². The minimum atomic E-state index is -1.77. The highest BCUT2D eigenvalue weighted by Gasteiger charge is 2.46. The molecule has 0 radical (unpaired) electrons. The molecule has 1 unspecified atom stereocenters. The normalized spacial score (nSPS) is 19.7. The van der Waals surface area contributed by atoms with Crippen molar-refractivity contribution in [3.63, 3.8) is 0 Å². The Hall–Kier alpha value is -3.53. The number of benzene rings is 2. The summed E-state index contributed by atoms with van der Waals surface area (Å²) in [4.78, 5) is 3.94. The summed E-state index contributed by atoms with van der Waals surface area (Å²) >= 11 is 5.98. The van der Waals surface area contributed by atoms with E-state index in [0.29, 0.717) is 11.6 Å². The zero-order valence-electron chi connectivity index (χ0n) is 20.4. The second-order valence-corrected chi connectivity index (χ2v) is 9.74. The molecule has 0 amide bonds. The van der Waals surface area contributed by atoms with Gasteiger partial charge in [0.25, 0.3) is 0 Å². The highest BCUT2D eigenvalue weighted by atomic mass is 35.5. The van der Waals surface area contributed by atoms with Gasteiger partial charge >= 0.3 is 0 Å². The van der Waals surface area contributed by atoms with Crippen LogP contribution in [0.25, 0.3) is 0 Å². The molecule has 1 aliphatic heterocycles. The molecule has 10 heteroatoms. The first-order valence-electron chi connectivity index (χ1n) is 11.9. The van der Waals surface area contributed by atoms with Gasteiger partial charge in [0, 0.05) is 34.6 Å². The van der Waals surface area contributed by atoms with E-state index in [1.54, 1.807) is 6.92 Å². The smallest absolute Gasteiger partial charge is 0.137 e. The molecular weight excluding hydrogens is 498 g/mol. The van der Waals surface area contributed by atoms with Crippen LogP contribution >= 0.6 is 11.6 Å². The lowest BCUT2D eigenvalue weighted by Gasteiger charge is -2.42. The number of rotatable bonds is 8. The fourth-order valence-corrected chi connectivity index (χ4v) is 4.95. The third-order valence-electron chi connectivity index (χ3n) is 6.90. The number of hydrogen-bond donors (Lipinski definition) is 3. The Morgan fingerprint density at radius 2 is 2.00 bits per heavy atom. The Bertz CT molecular complexity index is 1370. The van der Waals surface area contributed by atoms with Gasteiger partial charge in [-0.05, 0) is 55.3 Å². The Kier molecular flexibility index (Phi) is 6.85. The van der Waals surface area contributed by atoms with Gasteiger partial charge in [0.1, 0.15) is 29.9 Å². The SMILES string of the molecule is CC1=C2C=C(NCc3ccc(Cl)cc3)C=CC2N([C@H](C)[C@](O)(Cn2cncn2)c2ccc(F)cc2F)N1. The van der Waals surface area contributed by atoms with Gasteiger partial charge in [-0.25, -0.2) is 23.5 Å². The molecule has 1 aliphatic carbocycles. The predicted molar refractivity (Wildman–Crippen MR) is 137 cm³/mol. The quantitative estimate of drug-likeness (QED) is 0.410. The minimum Gasteiger partial charge on any atom is -0.381 e. The van der Waals surface area contributed by atoms with Crippen LogP contribution in [-0.4, -0.2) is 37.0 Å². The van der Waals surface area contributed by atoms with E-state index in [0.717, 1.165) is 34.7 Å². The fourth-order valence-electron chi connectivity index (χ4n) is 4.83. The Morgan fingerprint density at radius 3 is 2.70 bits per heavy atom. The highest BCUT2D eigenvalue weighted by molar-refractivity contribution is 6.30. The van der Waals surface area contributed by atoms with Crippen LogP contribution in [0.4, 0.5) is 8.78 Å². The molecule has 3 aromatic rings. The monoisotopic (exact) mass is 524 g/mol. The fraction of sp³-hybridized carbons (Fsp3) is 0.259. The predicted octanol–water partition coefficient (Wildman–Crippen LogP) is 4.19. The van der Waals surface area contributed by atoms with E-state index in [1.165, 1.54) is 23.4 Å². The van der Waals surface area contributed by atoms with Crippen LogP contribution in [0.5, 0.6) is 0 Å². The third kappa shape index (κ3) is 5.02. The van der Waals surface area contributed by atoms with Gasteiger partial charge in [0.15, 0.2) is 0 Å². The molecule has 0 fully saturated rings. The molecule has 1 aromatic heterocycles. The van der Waals surface area contributed by atoms with E-state index in [2.05, 4.69) is 26.9 Å². The summed E-state index contributed by atoms with van der Waals surface area (Å²) in [5.41, 5.74) is 5.55. The molecule has 0 saturated heterocycles. The van der Waals surface area contributed by atoms with Crippen molar-refractivity contribution < 1.29 is 13.9 Å². The van der Waals surface area contributed by atoms with Gasteiger partial charge in [0.05, 0.1) is 18.6 Å². The summed E-state index contributed by atoms with van der Waals surface area (Å²) in [6.07, 6.45) is 8.87. The second kappa shape index (κ2) is 10.1. The maximum absolute atomic E-state index is 15.0. The summed E-state index contributed by atoms with van der Waals surface area (Å²) < 4.78 is 30.1. The van der Waals surface area contributed by atoms with Crippen molar-refractivity contribution in [2.24, 2.45) is 0 Å². The number of hydrogen-bond acceptors (Lipinski definition) is 6. The molecule has 3 N–H and O–H groups in total. The van der Waals surface area contributed by atoms with E-state index in [-0.39, 0.29) is 18.2 Å². The molecule has 192 valence electrons. The molecule has 2 heterocycles. The van der Waals surface area contributed by atoms with Crippen molar-refractivity contribution in [3.8, 4) is 0 Å². The number of allylic oxidation sites excluding steroid dienone is 2. The summed E-state index contributed by atoms with van der Waals surface area (Å²) in [5, 5.41) is 22.1. The molecule has 2 aromatic carbocycles. The number of hydrazine groups is 1. The molecule has 0 saturated carbocycles. The maximum Gasteiger partial charge on any atom is 0.137 e. The molecule has 37 heavy (non-hydrogen) atoms. The van der Waals surface area contributed by atoms with Crippen molar-refractivity contribution in [1.29, 1.82) is 0 Å². The number of nitrogens with zero attached hydrogens (tertiary/aromatic N) is 4. The summed E-state index contributed by atoms with van der Waals surface area (Å²) in [6.45, 7) is 4.31. The summed E-state index contributed by atoms with van der Waals surface area (Å²) in [5.74, 6) is -1.54. The molecule has 0 spiro atoms. The Balaban J connectivity index is 1.39. The molecule has 0 bridgehead atoms. The summed E-state index contributed by atoms with van der Waals surface area (Å²) in [6, 6.07) is 10.0. The zero-order valence-corrected chi connectivity index (χ0v) is 21.1. The lowest BCUT2D eigenvalue weighted by atomic mass is 9.85. The van der Waals surface area contributed by atoms with Gasteiger partial charge in [-0.1, -0.05) is 35.9 Å². The van der Waals surface area contributed by atoms with Crippen molar-refractivity contribution in [2.75, 3.05) is 0 Å². The van der Waals surface area contributed by atoms with Crippen LogP contribution in [0, 0.1) is 11.6 Å². The van der Waals surface area contributed by atoms with Crippen LogP contribution in [0.3, 0.4) is 0 Å². The molecule has 7 nitrogen and oxygen atoms in total. The van der Waals surface area contributed by atoms with E-state index in [9.17, 15) is 13.9 Å². The number of aliphatic hydroxyl groups is 1.